The third kappa shape index (κ3) is 3.49. The highest BCUT2D eigenvalue weighted by atomic mass is 32.2. The fourth-order valence-electron chi connectivity index (χ4n) is 2.61. The molecule has 1 aliphatic rings. The monoisotopic (exact) mass is 376 g/mol. The molecule has 4 rings (SSSR count). The van der Waals surface area contributed by atoms with E-state index in [0.29, 0.717) is 16.9 Å². The van der Waals surface area contributed by atoms with Crippen molar-refractivity contribution in [2.24, 2.45) is 0 Å². The molecular weight excluding hydrogens is 364 g/mol. The minimum Gasteiger partial charge on any atom is -0.455 e. The number of hydrogen-bond acceptors (Lipinski definition) is 6. The average molecular weight is 376 g/mol. The molecule has 3 heterocycles. The van der Waals surface area contributed by atoms with E-state index in [0.717, 1.165) is 28.3 Å². The first-order valence-electron chi connectivity index (χ1n) is 7.97. The summed E-state index contributed by atoms with van der Waals surface area (Å²) >= 11 is 0.828. The smallest absolute Gasteiger partial charge is 0.290 e. The lowest BCUT2D eigenvalue weighted by Crippen LogP contribution is -2.17. The Morgan fingerprint density at radius 3 is 2.78 bits per heavy atom. The van der Waals surface area contributed by atoms with Crippen molar-refractivity contribution < 1.29 is 19.1 Å². The topological polar surface area (TPSA) is 92.4 Å². The van der Waals surface area contributed by atoms with E-state index in [9.17, 15) is 14.7 Å². The van der Waals surface area contributed by atoms with E-state index >= 15 is 0 Å². The largest absolute Gasteiger partial charge is 0.455 e. The Bertz CT molecular complexity index is 1170. The maximum Gasteiger partial charge on any atom is 0.290 e. The molecule has 2 N–H and O–H groups in total. The molecule has 0 spiro atoms. The Hall–Kier alpha value is -3.34. The quantitative estimate of drug-likeness (QED) is 0.528. The van der Waals surface area contributed by atoms with Gasteiger partial charge < -0.3 is 9.52 Å². The molecule has 7 heteroatoms. The van der Waals surface area contributed by atoms with Crippen LogP contribution in [0, 0.1) is 11.8 Å². The van der Waals surface area contributed by atoms with Crippen LogP contribution in [-0.2, 0) is 11.4 Å². The van der Waals surface area contributed by atoms with Crippen molar-refractivity contribution >= 4 is 40.0 Å². The molecule has 1 aliphatic heterocycles. The van der Waals surface area contributed by atoms with E-state index in [2.05, 4.69) is 22.1 Å². The third-order valence-electron chi connectivity index (χ3n) is 3.88. The summed E-state index contributed by atoms with van der Waals surface area (Å²) in [5.41, 5.74) is 2.59. The van der Waals surface area contributed by atoms with Crippen molar-refractivity contribution in [2.45, 2.75) is 6.61 Å². The lowest BCUT2D eigenvalue weighted by atomic mass is 10.1. The zero-order valence-electron chi connectivity index (χ0n) is 13.9. The minimum absolute atomic E-state index is 0.0930. The van der Waals surface area contributed by atoms with Crippen LogP contribution >= 0.6 is 11.8 Å². The normalized spacial score (nSPS) is 15.1. The molecule has 1 fully saturated rings. The van der Waals surface area contributed by atoms with Crippen molar-refractivity contribution in [1.82, 2.24) is 10.3 Å². The Labute approximate surface area is 158 Å². The maximum atomic E-state index is 11.7. The Morgan fingerprint density at radius 1 is 1.19 bits per heavy atom. The maximum absolute atomic E-state index is 11.7. The summed E-state index contributed by atoms with van der Waals surface area (Å²) in [6, 6.07) is 9.07. The molecule has 0 unspecified atom stereocenters. The first-order chi connectivity index (χ1) is 13.1. The van der Waals surface area contributed by atoms with Gasteiger partial charge in [-0.05, 0) is 29.5 Å². The molecular formula is C20H12N2O4S. The molecule has 0 atom stereocenters. The number of aliphatic hydroxyl groups excluding tert-OH is 1. The van der Waals surface area contributed by atoms with Crippen molar-refractivity contribution in [1.29, 1.82) is 0 Å². The number of fused-ring (bicyclic) bond motifs is 1. The number of furan rings is 1. The van der Waals surface area contributed by atoms with Crippen LogP contribution in [0.4, 0.5) is 4.79 Å². The van der Waals surface area contributed by atoms with Gasteiger partial charge in [0.25, 0.3) is 11.1 Å². The predicted molar refractivity (Wildman–Crippen MR) is 101 cm³/mol. The number of carbonyl (C=O) groups is 2. The Morgan fingerprint density at radius 2 is 2.00 bits per heavy atom. The van der Waals surface area contributed by atoms with Gasteiger partial charge in [-0.2, -0.15) is 0 Å². The van der Waals surface area contributed by atoms with E-state index in [1.54, 1.807) is 18.5 Å². The van der Waals surface area contributed by atoms with Gasteiger partial charge >= 0.3 is 0 Å². The van der Waals surface area contributed by atoms with Crippen LogP contribution in [0.3, 0.4) is 0 Å². The lowest BCUT2D eigenvalue weighted by molar-refractivity contribution is -0.115. The highest BCUT2D eigenvalue weighted by Gasteiger charge is 2.25. The number of benzene rings is 1. The van der Waals surface area contributed by atoms with E-state index in [1.807, 2.05) is 24.3 Å². The Kier molecular flexibility index (Phi) is 4.50. The van der Waals surface area contributed by atoms with E-state index in [1.165, 1.54) is 6.08 Å². The molecule has 132 valence electrons. The lowest BCUT2D eigenvalue weighted by Gasteiger charge is -1.98. The minimum atomic E-state index is -0.441. The van der Waals surface area contributed by atoms with Crippen molar-refractivity contribution in [3.05, 3.63) is 70.1 Å². The van der Waals surface area contributed by atoms with Gasteiger partial charge in [0.2, 0.25) is 0 Å². The van der Waals surface area contributed by atoms with E-state index in [4.69, 9.17) is 4.42 Å². The fourth-order valence-corrected chi connectivity index (χ4v) is 3.27. The van der Waals surface area contributed by atoms with Crippen LogP contribution in [0.25, 0.3) is 17.0 Å². The molecule has 3 aromatic rings. The van der Waals surface area contributed by atoms with Gasteiger partial charge in [0.1, 0.15) is 5.76 Å². The summed E-state index contributed by atoms with van der Waals surface area (Å²) in [6.45, 7) is -0.0930. The summed E-state index contributed by atoms with van der Waals surface area (Å²) in [4.78, 5) is 27.4. The number of aromatic nitrogens is 1. The summed E-state index contributed by atoms with van der Waals surface area (Å²) in [5.74, 6) is 6.05. The molecule has 27 heavy (non-hydrogen) atoms. The number of rotatable bonds is 2. The average Bonchev–Trinajstić information content (AvgIpc) is 3.22. The number of imide groups is 1. The second-order valence-electron chi connectivity index (χ2n) is 5.67. The summed E-state index contributed by atoms with van der Waals surface area (Å²) < 4.78 is 5.82. The second-order valence-corrected chi connectivity index (χ2v) is 6.69. The van der Waals surface area contributed by atoms with Gasteiger partial charge in [-0.25, -0.2) is 0 Å². The van der Waals surface area contributed by atoms with Crippen molar-refractivity contribution in [3.8, 4) is 11.8 Å². The summed E-state index contributed by atoms with van der Waals surface area (Å²) in [7, 11) is 0. The highest BCUT2D eigenvalue weighted by Crippen LogP contribution is 2.28. The van der Waals surface area contributed by atoms with Crippen LogP contribution in [0.2, 0.25) is 0 Å². The molecule has 2 aromatic heterocycles. The first-order valence-corrected chi connectivity index (χ1v) is 8.79. The van der Waals surface area contributed by atoms with Gasteiger partial charge in [0.05, 0.1) is 17.1 Å². The fraction of sp³-hybridized carbons (Fsp3) is 0.0500. The number of nitrogens with one attached hydrogen (secondary N) is 1. The number of nitrogens with zero attached hydrogens (tertiary/aromatic N) is 1. The molecule has 0 bridgehead atoms. The van der Waals surface area contributed by atoms with Gasteiger partial charge in [-0.1, -0.05) is 30.0 Å². The van der Waals surface area contributed by atoms with Crippen LogP contribution in [0.15, 0.2) is 52.0 Å². The van der Waals surface area contributed by atoms with Gasteiger partial charge in [0, 0.05) is 29.4 Å². The zero-order valence-corrected chi connectivity index (χ0v) is 14.7. The van der Waals surface area contributed by atoms with Crippen LogP contribution in [0.5, 0.6) is 0 Å². The number of carbonyl (C=O) groups excluding carboxylic acids is 2. The molecule has 0 radical (unpaired) electrons. The predicted octanol–water partition coefficient (Wildman–Crippen LogP) is 3.04. The van der Waals surface area contributed by atoms with Gasteiger partial charge in [-0.15, -0.1) is 0 Å². The number of pyridine rings is 1. The summed E-state index contributed by atoms with van der Waals surface area (Å²) in [5, 5.41) is 11.9. The van der Waals surface area contributed by atoms with Gasteiger partial charge in [-0.3, -0.25) is 19.9 Å². The molecule has 0 saturated carbocycles. The van der Waals surface area contributed by atoms with Crippen LogP contribution < -0.4 is 5.32 Å². The van der Waals surface area contributed by atoms with Crippen LogP contribution in [-0.4, -0.2) is 21.2 Å². The van der Waals surface area contributed by atoms with Gasteiger partial charge in [0.15, 0.2) is 5.58 Å². The van der Waals surface area contributed by atoms with Crippen molar-refractivity contribution in [3.63, 3.8) is 0 Å². The van der Waals surface area contributed by atoms with E-state index < -0.39 is 11.1 Å². The molecule has 1 aromatic carbocycles. The number of thioether (sulfide) groups is 1. The van der Waals surface area contributed by atoms with E-state index in [-0.39, 0.29) is 11.5 Å². The molecule has 0 aliphatic carbocycles. The Balaban J connectivity index is 1.73. The second kappa shape index (κ2) is 7.11. The number of hydrogen-bond donors (Lipinski definition) is 2. The number of aliphatic hydroxyl groups is 1. The SMILES string of the molecule is O=C1NC(=O)/C(=C\c2cc3cncc(C#Cc4ccccc4CO)c3o2)S1. The number of amides is 2. The molecule has 6 nitrogen and oxygen atoms in total. The zero-order chi connectivity index (χ0) is 18.8. The molecule has 1 saturated heterocycles. The molecule has 2 amide bonds. The summed E-state index contributed by atoms with van der Waals surface area (Å²) in [6.07, 6.45) is 4.75. The third-order valence-corrected chi connectivity index (χ3v) is 4.69. The van der Waals surface area contributed by atoms with Crippen LogP contribution in [0.1, 0.15) is 22.5 Å². The standard InChI is InChI=1S/C20H12N2O4S/c23-11-14-4-2-1-3-12(14)5-6-13-9-21-10-15-7-16(26-18(13)15)8-17-19(24)22-20(25)27-17/h1-4,7-10,23H,11H2,(H,22,24,25)/b17-8+. The highest BCUT2D eigenvalue weighted by molar-refractivity contribution is 8.18. The first kappa shape index (κ1) is 17.1. The van der Waals surface area contributed by atoms with Crippen molar-refractivity contribution in [2.75, 3.05) is 0 Å².